The van der Waals surface area contributed by atoms with E-state index in [1.165, 1.54) is 11.1 Å². The summed E-state index contributed by atoms with van der Waals surface area (Å²) in [5.74, 6) is 0.0671. The van der Waals surface area contributed by atoms with Crippen molar-refractivity contribution in [3.8, 4) is 0 Å². The fourth-order valence-corrected chi connectivity index (χ4v) is 3.66. The quantitative estimate of drug-likeness (QED) is 0.742. The van der Waals surface area contributed by atoms with Crippen LogP contribution >= 0.6 is 0 Å². The van der Waals surface area contributed by atoms with Crippen molar-refractivity contribution in [1.29, 1.82) is 0 Å². The molecule has 6 nitrogen and oxygen atoms in total. The van der Waals surface area contributed by atoms with Crippen LogP contribution in [0.3, 0.4) is 0 Å². The van der Waals surface area contributed by atoms with Gasteiger partial charge in [-0.25, -0.2) is 0 Å². The standard InChI is InChI=1S/C17H23N5O/c1-11-3-2-4-12-7-14(21-16(11)12)17(23)20-8-13-10-22-6-5-18-15(22)9-19-13/h2-4,9,13-15,18,21H,5-8,10H2,1H3,(H,20,23). The van der Waals surface area contributed by atoms with Gasteiger partial charge < -0.3 is 10.6 Å². The fourth-order valence-electron chi connectivity index (χ4n) is 3.66. The third kappa shape index (κ3) is 2.84. The highest BCUT2D eigenvalue weighted by Crippen LogP contribution is 2.28. The first kappa shape index (κ1) is 14.7. The lowest BCUT2D eigenvalue weighted by molar-refractivity contribution is -0.121. The first-order valence-electron chi connectivity index (χ1n) is 8.34. The summed E-state index contributed by atoms with van der Waals surface area (Å²) in [6.45, 7) is 5.65. The molecule has 23 heavy (non-hydrogen) atoms. The molecular weight excluding hydrogens is 290 g/mol. The van der Waals surface area contributed by atoms with Gasteiger partial charge >= 0.3 is 0 Å². The number of para-hydroxylation sites is 1. The van der Waals surface area contributed by atoms with Crippen molar-refractivity contribution in [3.05, 3.63) is 29.3 Å². The van der Waals surface area contributed by atoms with E-state index in [0.29, 0.717) is 6.54 Å². The Morgan fingerprint density at radius 2 is 2.39 bits per heavy atom. The highest BCUT2D eigenvalue weighted by atomic mass is 16.2. The van der Waals surface area contributed by atoms with E-state index < -0.39 is 0 Å². The number of carbonyl (C=O) groups is 1. The largest absolute Gasteiger partial charge is 0.373 e. The summed E-state index contributed by atoms with van der Waals surface area (Å²) in [5, 5.41) is 9.81. The zero-order valence-electron chi connectivity index (χ0n) is 13.4. The number of aliphatic imine (C=N–C) groups is 1. The van der Waals surface area contributed by atoms with Crippen molar-refractivity contribution < 1.29 is 4.79 Å². The van der Waals surface area contributed by atoms with Crippen LogP contribution in [-0.2, 0) is 11.2 Å². The van der Waals surface area contributed by atoms with E-state index >= 15 is 0 Å². The molecule has 3 N–H and O–H groups in total. The number of benzene rings is 1. The molecule has 0 bridgehead atoms. The van der Waals surface area contributed by atoms with Crippen LogP contribution < -0.4 is 16.0 Å². The molecule has 3 aliphatic rings. The number of nitrogens with one attached hydrogen (secondary N) is 3. The van der Waals surface area contributed by atoms with E-state index in [2.05, 4.69) is 44.9 Å². The molecule has 0 aromatic heterocycles. The summed E-state index contributed by atoms with van der Waals surface area (Å²) >= 11 is 0. The van der Waals surface area contributed by atoms with Crippen molar-refractivity contribution in [1.82, 2.24) is 15.5 Å². The molecule has 1 aromatic rings. The van der Waals surface area contributed by atoms with Gasteiger partial charge in [0.05, 0.1) is 12.2 Å². The molecule has 3 heterocycles. The molecule has 0 radical (unpaired) electrons. The van der Waals surface area contributed by atoms with Crippen molar-refractivity contribution in [2.75, 3.05) is 31.5 Å². The van der Waals surface area contributed by atoms with Gasteiger partial charge in [-0.2, -0.15) is 0 Å². The molecule has 0 saturated carbocycles. The predicted molar refractivity (Wildman–Crippen MR) is 90.9 cm³/mol. The Morgan fingerprint density at radius 1 is 1.48 bits per heavy atom. The Bertz CT molecular complexity index is 644. The Balaban J connectivity index is 1.32. The zero-order chi connectivity index (χ0) is 15.8. The maximum Gasteiger partial charge on any atom is 0.242 e. The number of carbonyl (C=O) groups excluding carboxylic acids is 1. The number of rotatable bonds is 3. The van der Waals surface area contributed by atoms with Crippen LogP contribution in [0.5, 0.6) is 0 Å². The van der Waals surface area contributed by atoms with E-state index in [1.54, 1.807) is 0 Å². The van der Waals surface area contributed by atoms with Crippen molar-refractivity contribution >= 4 is 17.8 Å². The number of anilines is 1. The molecule has 6 heteroatoms. The minimum Gasteiger partial charge on any atom is -0.373 e. The van der Waals surface area contributed by atoms with Gasteiger partial charge in [0.2, 0.25) is 5.91 Å². The van der Waals surface area contributed by atoms with Gasteiger partial charge in [0.15, 0.2) is 0 Å². The minimum atomic E-state index is -0.167. The number of hydrogen-bond acceptors (Lipinski definition) is 5. The van der Waals surface area contributed by atoms with E-state index in [4.69, 9.17) is 0 Å². The second-order valence-corrected chi connectivity index (χ2v) is 6.60. The molecule has 3 unspecified atom stereocenters. The van der Waals surface area contributed by atoms with Crippen LogP contribution in [0.1, 0.15) is 11.1 Å². The highest BCUT2D eigenvalue weighted by molar-refractivity contribution is 5.88. The maximum absolute atomic E-state index is 12.4. The van der Waals surface area contributed by atoms with E-state index in [0.717, 1.165) is 31.7 Å². The molecule has 122 valence electrons. The van der Waals surface area contributed by atoms with Crippen LogP contribution in [0.15, 0.2) is 23.2 Å². The van der Waals surface area contributed by atoms with E-state index in [9.17, 15) is 4.79 Å². The average molecular weight is 313 g/mol. The lowest BCUT2D eigenvalue weighted by atomic mass is 10.1. The van der Waals surface area contributed by atoms with Gasteiger partial charge in [0.1, 0.15) is 6.04 Å². The zero-order valence-corrected chi connectivity index (χ0v) is 13.4. The van der Waals surface area contributed by atoms with Gasteiger partial charge in [-0.15, -0.1) is 0 Å². The van der Waals surface area contributed by atoms with Gasteiger partial charge in [-0.3, -0.25) is 20.0 Å². The summed E-state index contributed by atoms with van der Waals surface area (Å²) in [5.41, 5.74) is 3.54. The van der Waals surface area contributed by atoms with Crippen LogP contribution in [0.4, 0.5) is 5.69 Å². The molecule has 1 saturated heterocycles. The Labute approximate surface area is 136 Å². The topological polar surface area (TPSA) is 68.8 Å². The Morgan fingerprint density at radius 3 is 3.26 bits per heavy atom. The number of fused-ring (bicyclic) bond motifs is 2. The number of aryl methyl sites for hydroxylation is 1. The summed E-state index contributed by atoms with van der Waals surface area (Å²) in [4.78, 5) is 19.4. The Kier molecular flexibility index (Phi) is 3.79. The lowest BCUT2D eigenvalue weighted by Crippen LogP contribution is -2.49. The molecule has 1 aromatic carbocycles. The fraction of sp³-hybridized carbons (Fsp3) is 0.529. The highest BCUT2D eigenvalue weighted by Gasteiger charge is 2.30. The average Bonchev–Trinajstić information content (AvgIpc) is 3.19. The number of hydrogen-bond donors (Lipinski definition) is 3. The predicted octanol–water partition coefficient (Wildman–Crippen LogP) is 0.132. The first-order chi connectivity index (χ1) is 11.2. The molecule has 4 rings (SSSR count). The molecule has 1 amide bonds. The summed E-state index contributed by atoms with van der Waals surface area (Å²) in [6, 6.07) is 6.20. The van der Waals surface area contributed by atoms with Crippen LogP contribution in [0.25, 0.3) is 0 Å². The van der Waals surface area contributed by atoms with Gasteiger partial charge in [-0.1, -0.05) is 18.2 Å². The van der Waals surface area contributed by atoms with Gasteiger partial charge in [0, 0.05) is 44.5 Å². The molecule has 3 atom stereocenters. The van der Waals surface area contributed by atoms with Crippen LogP contribution in [0, 0.1) is 6.92 Å². The maximum atomic E-state index is 12.4. The molecule has 1 fully saturated rings. The second-order valence-electron chi connectivity index (χ2n) is 6.60. The van der Waals surface area contributed by atoms with E-state index in [-0.39, 0.29) is 24.2 Å². The van der Waals surface area contributed by atoms with Crippen molar-refractivity contribution in [2.24, 2.45) is 4.99 Å². The normalized spacial score (nSPS) is 29.0. The Hall–Kier alpha value is -1.92. The van der Waals surface area contributed by atoms with Crippen LogP contribution in [-0.4, -0.2) is 61.5 Å². The molecule has 0 aliphatic carbocycles. The number of amides is 1. The smallest absolute Gasteiger partial charge is 0.242 e. The minimum absolute atomic E-state index is 0.0671. The van der Waals surface area contributed by atoms with Gasteiger partial charge in [0.25, 0.3) is 0 Å². The summed E-state index contributed by atoms with van der Waals surface area (Å²) in [7, 11) is 0. The molecule has 0 spiro atoms. The SMILES string of the molecule is Cc1cccc2c1NC(C(=O)NCC1CN3CCNC3C=N1)C2. The number of nitrogens with zero attached hydrogens (tertiary/aromatic N) is 2. The molecule has 3 aliphatic heterocycles. The third-order valence-corrected chi connectivity index (χ3v) is 4.96. The molecular formula is C17H23N5O. The summed E-state index contributed by atoms with van der Waals surface area (Å²) in [6.07, 6.45) is 3.02. The van der Waals surface area contributed by atoms with Crippen LogP contribution in [0.2, 0.25) is 0 Å². The van der Waals surface area contributed by atoms with Gasteiger partial charge in [-0.05, 0) is 18.1 Å². The van der Waals surface area contributed by atoms with E-state index in [1.807, 2.05) is 12.3 Å². The van der Waals surface area contributed by atoms with Crippen molar-refractivity contribution in [2.45, 2.75) is 31.6 Å². The second kappa shape index (κ2) is 5.94. The monoisotopic (exact) mass is 313 g/mol. The lowest BCUT2D eigenvalue weighted by Gasteiger charge is -2.29. The third-order valence-electron chi connectivity index (χ3n) is 4.96. The first-order valence-corrected chi connectivity index (χ1v) is 8.34. The van der Waals surface area contributed by atoms with Crippen molar-refractivity contribution in [3.63, 3.8) is 0 Å². The summed E-state index contributed by atoms with van der Waals surface area (Å²) < 4.78 is 0.